The third-order valence-electron chi connectivity index (χ3n) is 4.73. The smallest absolute Gasteiger partial charge is 0.00146 e. The highest BCUT2D eigenvalue weighted by atomic mass is 14.9. The molecule has 2 saturated carbocycles. The first-order valence-electron chi connectivity index (χ1n) is 6.81. The zero-order valence-electron chi connectivity index (χ0n) is 9.62. The van der Waals surface area contributed by atoms with E-state index in [2.05, 4.69) is 17.5 Å². The van der Waals surface area contributed by atoms with Crippen LogP contribution in [0.1, 0.15) is 38.5 Å². The summed E-state index contributed by atoms with van der Waals surface area (Å²) in [5, 5.41) is 3.72. The molecule has 2 fully saturated rings. The van der Waals surface area contributed by atoms with Crippen molar-refractivity contribution in [3.8, 4) is 0 Å². The number of allylic oxidation sites excluding steroid dienone is 2. The molecule has 1 nitrogen and oxygen atoms in total. The topological polar surface area (TPSA) is 12.0 Å². The Morgan fingerprint density at radius 3 is 2.53 bits per heavy atom. The normalized spacial score (nSPS) is 39.3. The van der Waals surface area contributed by atoms with Crippen molar-refractivity contribution in [3.05, 3.63) is 12.2 Å². The first-order chi connectivity index (χ1) is 7.42. The van der Waals surface area contributed by atoms with Crippen LogP contribution in [0.3, 0.4) is 0 Å². The van der Waals surface area contributed by atoms with Gasteiger partial charge in [0.05, 0.1) is 0 Å². The molecule has 0 heterocycles. The van der Waals surface area contributed by atoms with Crippen molar-refractivity contribution in [2.75, 3.05) is 13.1 Å². The standard InChI is InChI=1S/C14H23N/c1-2-4-11(3-1)9-15-10-14-8-12-5-6-13(14)7-12/h5-6,11-15H,1-4,7-10H2. The number of hydrogen-bond acceptors (Lipinski definition) is 1. The van der Waals surface area contributed by atoms with Crippen LogP contribution in [0.4, 0.5) is 0 Å². The summed E-state index contributed by atoms with van der Waals surface area (Å²) in [6, 6.07) is 0. The average Bonchev–Trinajstić information content (AvgIpc) is 2.93. The van der Waals surface area contributed by atoms with E-state index in [1.807, 2.05) is 0 Å². The molecule has 3 rings (SSSR count). The van der Waals surface area contributed by atoms with Gasteiger partial charge in [-0.25, -0.2) is 0 Å². The second-order valence-corrected chi connectivity index (χ2v) is 5.85. The summed E-state index contributed by atoms with van der Waals surface area (Å²) in [4.78, 5) is 0. The van der Waals surface area contributed by atoms with Crippen molar-refractivity contribution in [1.29, 1.82) is 0 Å². The van der Waals surface area contributed by atoms with E-state index in [0.29, 0.717) is 0 Å². The van der Waals surface area contributed by atoms with E-state index in [0.717, 1.165) is 23.7 Å². The van der Waals surface area contributed by atoms with Crippen LogP contribution in [0.5, 0.6) is 0 Å². The fraction of sp³-hybridized carbons (Fsp3) is 0.857. The SMILES string of the molecule is C1=CC2CC1CC2CNCC1CCCC1. The molecule has 15 heavy (non-hydrogen) atoms. The van der Waals surface area contributed by atoms with Crippen molar-refractivity contribution in [2.45, 2.75) is 38.5 Å². The summed E-state index contributed by atoms with van der Waals surface area (Å²) >= 11 is 0. The van der Waals surface area contributed by atoms with Gasteiger partial charge in [0.1, 0.15) is 0 Å². The Morgan fingerprint density at radius 1 is 1.00 bits per heavy atom. The quantitative estimate of drug-likeness (QED) is 0.696. The van der Waals surface area contributed by atoms with E-state index in [9.17, 15) is 0 Å². The average molecular weight is 205 g/mol. The molecule has 2 bridgehead atoms. The summed E-state index contributed by atoms with van der Waals surface area (Å²) in [5.74, 6) is 3.82. The molecule has 3 aliphatic carbocycles. The van der Waals surface area contributed by atoms with Crippen molar-refractivity contribution in [1.82, 2.24) is 5.32 Å². The molecule has 0 aromatic rings. The van der Waals surface area contributed by atoms with E-state index >= 15 is 0 Å². The van der Waals surface area contributed by atoms with Crippen LogP contribution in [0, 0.1) is 23.7 Å². The highest BCUT2D eigenvalue weighted by molar-refractivity contribution is 5.10. The van der Waals surface area contributed by atoms with Crippen LogP contribution in [-0.2, 0) is 0 Å². The summed E-state index contributed by atoms with van der Waals surface area (Å²) in [6.45, 7) is 2.57. The largest absolute Gasteiger partial charge is 0.316 e. The number of fused-ring (bicyclic) bond motifs is 2. The van der Waals surface area contributed by atoms with Crippen LogP contribution >= 0.6 is 0 Å². The Balaban J connectivity index is 1.38. The van der Waals surface area contributed by atoms with Gasteiger partial charge < -0.3 is 5.32 Å². The van der Waals surface area contributed by atoms with E-state index in [4.69, 9.17) is 0 Å². The van der Waals surface area contributed by atoms with Crippen LogP contribution in [0.2, 0.25) is 0 Å². The van der Waals surface area contributed by atoms with Crippen LogP contribution < -0.4 is 5.32 Å². The number of nitrogens with one attached hydrogen (secondary N) is 1. The Morgan fingerprint density at radius 2 is 1.87 bits per heavy atom. The van der Waals surface area contributed by atoms with Gasteiger partial charge in [-0.2, -0.15) is 0 Å². The summed E-state index contributed by atoms with van der Waals surface area (Å²) in [7, 11) is 0. The van der Waals surface area contributed by atoms with E-state index in [-0.39, 0.29) is 0 Å². The van der Waals surface area contributed by atoms with Gasteiger partial charge in [-0.1, -0.05) is 25.0 Å². The molecule has 0 saturated heterocycles. The molecule has 0 aromatic heterocycles. The maximum Gasteiger partial charge on any atom is -0.00146 e. The monoisotopic (exact) mass is 205 g/mol. The summed E-state index contributed by atoms with van der Waals surface area (Å²) in [6.07, 6.45) is 13.7. The first-order valence-corrected chi connectivity index (χ1v) is 6.81. The van der Waals surface area contributed by atoms with Gasteiger partial charge in [0.25, 0.3) is 0 Å². The molecular formula is C14H23N. The predicted molar refractivity (Wildman–Crippen MR) is 63.7 cm³/mol. The van der Waals surface area contributed by atoms with Crippen LogP contribution in [0.25, 0.3) is 0 Å². The lowest BCUT2D eigenvalue weighted by molar-refractivity contribution is 0.389. The van der Waals surface area contributed by atoms with Crippen molar-refractivity contribution in [2.24, 2.45) is 23.7 Å². The lowest BCUT2D eigenvalue weighted by Gasteiger charge is -2.19. The van der Waals surface area contributed by atoms with Crippen LogP contribution in [-0.4, -0.2) is 13.1 Å². The third kappa shape index (κ3) is 2.13. The molecule has 1 N–H and O–H groups in total. The zero-order chi connectivity index (χ0) is 10.1. The maximum atomic E-state index is 3.72. The van der Waals surface area contributed by atoms with Gasteiger partial charge in [-0.15, -0.1) is 0 Å². The Bertz CT molecular complexity index is 240. The van der Waals surface area contributed by atoms with Crippen molar-refractivity contribution < 1.29 is 0 Å². The minimum Gasteiger partial charge on any atom is -0.316 e. The van der Waals surface area contributed by atoms with Crippen LogP contribution in [0.15, 0.2) is 12.2 Å². The first kappa shape index (κ1) is 9.89. The van der Waals surface area contributed by atoms with E-state index in [1.165, 1.54) is 51.6 Å². The molecule has 1 heteroatoms. The van der Waals surface area contributed by atoms with E-state index < -0.39 is 0 Å². The molecule has 0 radical (unpaired) electrons. The molecule has 0 spiro atoms. The maximum absolute atomic E-state index is 3.72. The second kappa shape index (κ2) is 4.29. The summed E-state index contributed by atoms with van der Waals surface area (Å²) < 4.78 is 0. The Labute approximate surface area is 93.3 Å². The Hall–Kier alpha value is -0.300. The molecule has 0 amide bonds. The van der Waals surface area contributed by atoms with E-state index in [1.54, 1.807) is 0 Å². The molecule has 3 unspecified atom stereocenters. The van der Waals surface area contributed by atoms with Crippen molar-refractivity contribution >= 4 is 0 Å². The van der Waals surface area contributed by atoms with Gasteiger partial charge in [0.15, 0.2) is 0 Å². The lowest BCUT2D eigenvalue weighted by Crippen LogP contribution is -2.29. The molecule has 0 aliphatic heterocycles. The molecular weight excluding hydrogens is 182 g/mol. The highest BCUT2D eigenvalue weighted by Crippen LogP contribution is 2.42. The number of rotatable bonds is 4. The van der Waals surface area contributed by atoms with Gasteiger partial charge in [0.2, 0.25) is 0 Å². The minimum atomic E-state index is 0.922. The fourth-order valence-electron chi connectivity index (χ4n) is 3.82. The highest BCUT2D eigenvalue weighted by Gasteiger charge is 2.35. The fourth-order valence-corrected chi connectivity index (χ4v) is 3.82. The third-order valence-corrected chi connectivity index (χ3v) is 4.73. The second-order valence-electron chi connectivity index (χ2n) is 5.85. The molecule has 84 valence electrons. The predicted octanol–water partition coefficient (Wildman–Crippen LogP) is 2.98. The lowest BCUT2D eigenvalue weighted by atomic mass is 9.93. The molecule has 0 aromatic carbocycles. The van der Waals surface area contributed by atoms with Gasteiger partial charge in [-0.3, -0.25) is 0 Å². The zero-order valence-corrected chi connectivity index (χ0v) is 9.62. The van der Waals surface area contributed by atoms with Gasteiger partial charge >= 0.3 is 0 Å². The Kier molecular flexibility index (Phi) is 2.83. The molecule has 3 aliphatic rings. The summed E-state index contributed by atoms with van der Waals surface area (Å²) in [5.41, 5.74) is 0. The van der Waals surface area contributed by atoms with Gasteiger partial charge in [0, 0.05) is 0 Å². The van der Waals surface area contributed by atoms with Gasteiger partial charge in [-0.05, 0) is 62.4 Å². The molecule has 3 atom stereocenters. The van der Waals surface area contributed by atoms with Crippen molar-refractivity contribution in [3.63, 3.8) is 0 Å². The minimum absolute atomic E-state index is 0.922. The number of hydrogen-bond donors (Lipinski definition) is 1.